The number of hydrogen-bond donors (Lipinski definition) is 2. The van der Waals surface area contributed by atoms with E-state index in [1.54, 1.807) is 0 Å². The van der Waals surface area contributed by atoms with Gasteiger partial charge in [-0.05, 0) is 6.42 Å². The van der Waals surface area contributed by atoms with Crippen molar-refractivity contribution in [1.82, 2.24) is 0 Å². The van der Waals surface area contributed by atoms with Crippen LogP contribution in [0, 0.1) is 0 Å². The van der Waals surface area contributed by atoms with Gasteiger partial charge in [0, 0.05) is 6.42 Å². The van der Waals surface area contributed by atoms with Gasteiger partial charge in [0.05, 0.1) is 19.3 Å². The van der Waals surface area contributed by atoms with Gasteiger partial charge in [0.15, 0.2) is 0 Å². The summed E-state index contributed by atoms with van der Waals surface area (Å²) >= 11 is 0. The van der Waals surface area contributed by atoms with Gasteiger partial charge in [-0.15, -0.1) is 0 Å². The van der Waals surface area contributed by atoms with Crippen LogP contribution in [-0.4, -0.2) is 29.4 Å². The fraction of sp³-hybridized carbons (Fsp3) is 0.727. The summed E-state index contributed by atoms with van der Waals surface area (Å²) in [6.45, 7) is 2.09. The largest absolute Gasteiger partial charge is 0.501 e. The molecule has 0 saturated carbocycles. The van der Waals surface area contributed by atoms with Crippen molar-refractivity contribution >= 4 is 5.97 Å². The molecule has 0 aromatic carbocycles. The van der Waals surface area contributed by atoms with Crippen molar-refractivity contribution in [1.29, 1.82) is 0 Å². The summed E-state index contributed by atoms with van der Waals surface area (Å²) in [6, 6.07) is 0. The van der Waals surface area contributed by atoms with Gasteiger partial charge in [0.1, 0.15) is 5.76 Å². The molecule has 0 radical (unpaired) electrons. The lowest BCUT2D eigenvalue weighted by atomic mass is 10.1. The van der Waals surface area contributed by atoms with E-state index in [4.69, 9.17) is 9.84 Å². The van der Waals surface area contributed by atoms with Gasteiger partial charge in [0.2, 0.25) is 0 Å². The normalized spacial score (nSPS) is 13.7. The number of carboxylic acids is 1. The summed E-state index contributed by atoms with van der Waals surface area (Å²) in [7, 11) is 1.41. The van der Waals surface area contributed by atoms with E-state index in [9.17, 15) is 9.90 Å². The Balaban J connectivity index is 3.90. The number of ether oxygens (including phenoxy) is 1. The van der Waals surface area contributed by atoms with Crippen LogP contribution in [0.25, 0.3) is 0 Å². The summed E-state index contributed by atoms with van der Waals surface area (Å²) in [6.07, 6.45) is 4.59. The van der Waals surface area contributed by atoms with Gasteiger partial charge in [-0.2, -0.15) is 0 Å². The maximum absolute atomic E-state index is 10.4. The average Bonchev–Trinajstić information content (AvgIpc) is 2.16. The molecule has 4 nitrogen and oxygen atoms in total. The Bertz CT molecular complexity index is 211. The van der Waals surface area contributed by atoms with Gasteiger partial charge in [-0.3, -0.25) is 0 Å². The van der Waals surface area contributed by atoms with Gasteiger partial charge in [0.25, 0.3) is 0 Å². The van der Waals surface area contributed by atoms with Crippen molar-refractivity contribution < 1.29 is 19.7 Å². The predicted octanol–water partition coefficient (Wildman–Crippen LogP) is 1.93. The van der Waals surface area contributed by atoms with E-state index in [1.165, 1.54) is 7.11 Å². The third kappa shape index (κ3) is 8.00. The highest BCUT2D eigenvalue weighted by molar-refractivity contribution is 5.80. The van der Waals surface area contributed by atoms with Gasteiger partial charge in [-0.1, -0.05) is 26.2 Å². The van der Waals surface area contributed by atoms with E-state index in [0.29, 0.717) is 12.2 Å². The molecular weight excluding hydrogens is 196 g/mol. The van der Waals surface area contributed by atoms with E-state index in [1.807, 2.05) is 0 Å². The number of unbranched alkanes of at least 4 members (excludes halogenated alkanes) is 2. The van der Waals surface area contributed by atoms with E-state index in [-0.39, 0.29) is 6.42 Å². The molecule has 0 amide bonds. The highest BCUT2D eigenvalue weighted by Crippen LogP contribution is 2.12. The van der Waals surface area contributed by atoms with Crippen LogP contribution >= 0.6 is 0 Å². The van der Waals surface area contributed by atoms with Crippen LogP contribution in [0.4, 0.5) is 0 Å². The summed E-state index contributed by atoms with van der Waals surface area (Å²) < 4.78 is 4.86. The number of aliphatic hydroxyl groups excluding tert-OH is 1. The standard InChI is InChI=1S/C11H20O4/c1-3-4-5-6-9(12)7-10(15-2)8-11(13)14/h8-9,12H,3-7H2,1-2H3,(H,13,14)/b10-8-/t9-/m1/s1. The zero-order chi connectivity index (χ0) is 11.7. The molecule has 0 rings (SSSR count). The Morgan fingerprint density at radius 3 is 2.60 bits per heavy atom. The smallest absolute Gasteiger partial charge is 0.331 e. The maximum atomic E-state index is 10.4. The summed E-state index contributed by atoms with van der Waals surface area (Å²) in [5.41, 5.74) is 0. The molecule has 0 unspecified atom stereocenters. The first-order valence-electron chi connectivity index (χ1n) is 5.25. The van der Waals surface area contributed by atoms with Crippen LogP contribution in [0.3, 0.4) is 0 Å². The maximum Gasteiger partial charge on any atom is 0.331 e. The van der Waals surface area contributed by atoms with Crippen molar-refractivity contribution in [2.75, 3.05) is 7.11 Å². The fourth-order valence-electron chi connectivity index (χ4n) is 1.30. The molecule has 0 fully saturated rings. The predicted molar refractivity (Wildman–Crippen MR) is 57.5 cm³/mol. The third-order valence-corrected chi connectivity index (χ3v) is 2.12. The highest BCUT2D eigenvalue weighted by Gasteiger charge is 2.09. The van der Waals surface area contributed by atoms with Crippen LogP contribution < -0.4 is 0 Å². The Morgan fingerprint density at radius 2 is 2.13 bits per heavy atom. The Kier molecular flexibility index (Phi) is 7.72. The second-order valence-corrected chi connectivity index (χ2v) is 3.51. The Labute approximate surface area is 90.6 Å². The Hall–Kier alpha value is -1.03. The number of aliphatic carboxylic acids is 1. The molecule has 2 N–H and O–H groups in total. The number of hydrogen-bond acceptors (Lipinski definition) is 3. The van der Waals surface area contributed by atoms with E-state index >= 15 is 0 Å². The molecule has 0 aromatic heterocycles. The second-order valence-electron chi connectivity index (χ2n) is 3.51. The minimum absolute atomic E-state index is 0.270. The molecule has 0 aliphatic heterocycles. The third-order valence-electron chi connectivity index (χ3n) is 2.12. The molecular formula is C11H20O4. The average molecular weight is 216 g/mol. The summed E-state index contributed by atoms with van der Waals surface area (Å²) in [4.78, 5) is 10.4. The number of aliphatic hydroxyl groups is 1. The zero-order valence-corrected chi connectivity index (χ0v) is 9.40. The number of carbonyl (C=O) groups is 1. The topological polar surface area (TPSA) is 66.8 Å². The zero-order valence-electron chi connectivity index (χ0n) is 9.40. The van der Waals surface area contributed by atoms with E-state index in [2.05, 4.69) is 6.92 Å². The molecule has 0 aliphatic carbocycles. The van der Waals surface area contributed by atoms with Crippen LogP contribution in [0.2, 0.25) is 0 Å². The molecule has 15 heavy (non-hydrogen) atoms. The molecule has 88 valence electrons. The van der Waals surface area contributed by atoms with Crippen molar-refractivity contribution in [2.24, 2.45) is 0 Å². The lowest BCUT2D eigenvalue weighted by molar-refractivity contribution is -0.131. The first kappa shape index (κ1) is 14.0. The first-order valence-corrected chi connectivity index (χ1v) is 5.25. The van der Waals surface area contributed by atoms with E-state index < -0.39 is 12.1 Å². The number of methoxy groups -OCH3 is 1. The number of rotatable bonds is 8. The molecule has 0 aromatic rings. The van der Waals surface area contributed by atoms with Crippen LogP contribution in [0.1, 0.15) is 39.0 Å². The molecule has 4 heteroatoms. The highest BCUT2D eigenvalue weighted by atomic mass is 16.5. The lowest BCUT2D eigenvalue weighted by Gasteiger charge is -2.11. The lowest BCUT2D eigenvalue weighted by Crippen LogP contribution is -2.09. The molecule has 0 saturated heterocycles. The fourth-order valence-corrected chi connectivity index (χ4v) is 1.30. The van der Waals surface area contributed by atoms with Crippen molar-refractivity contribution in [3.8, 4) is 0 Å². The second kappa shape index (κ2) is 8.29. The van der Waals surface area contributed by atoms with Crippen molar-refractivity contribution in [2.45, 2.75) is 45.1 Å². The molecule has 0 bridgehead atoms. The monoisotopic (exact) mass is 216 g/mol. The first-order chi connectivity index (χ1) is 7.10. The molecule has 0 aliphatic rings. The summed E-state index contributed by atoms with van der Waals surface area (Å²) in [5.74, 6) is -0.737. The van der Waals surface area contributed by atoms with Crippen molar-refractivity contribution in [3.05, 3.63) is 11.8 Å². The number of carboxylic acid groups (broad SMARTS) is 1. The van der Waals surface area contributed by atoms with Gasteiger partial charge >= 0.3 is 5.97 Å². The van der Waals surface area contributed by atoms with Crippen LogP contribution in [-0.2, 0) is 9.53 Å². The molecule has 0 spiro atoms. The van der Waals surface area contributed by atoms with Crippen LogP contribution in [0.5, 0.6) is 0 Å². The molecule has 1 atom stereocenters. The van der Waals surface area contributed by atoms with Crippen molar-refractivity contribution in [3.63, 3.8) is 0 Å². The van der Waals surface area contributed by atoms with E-state index in [0.717, 1.165) is 25.3 Å². The SMILES string of the molecule is CCCCC[C@@H](O)C/C(=C/C(=O)O)OC. The van der Waals surface area contributed by atoms with Crippen LogP contribution in [0.15, 0.2) is 11.8 Å². The van der Waals surface area contributed by atoms with Gasteiger partial charge in [-0.25, -0.2) is 4.79 Å². The van der Waals surface area contributed by atoms with Gasteiger partial charge < -0.3 is 14.9 Å². The summed E-state index contributed by atoms with van der Waals surface area (Å²) in [5, 5.41) is 18.1. The Morgan fingerprint density at radius 1 is 1.47 bits per heavy atom. The molecule has 0 heterocycles. The quantitative estimate of drug-likeness (QED) is 0.369. The minimum Gasteiger partial charge on any atom is -0.501 e. The minimum atomic E-state index is -1.05.